The molecule has 1 atom stereocenters. The molecule has 1 aliphatic rings. The van der Waals surface area contributed by atoms with Gasteiger partial charge in [-0.15, -0.1) is 34.2 Å². The Hall–Kier alpha value is -2.12. The first kappa shape index (κ1) is 27.1. The molecule has 2 N–H and O–H groups in total. The van der Waals surface area contributed by atoms with E-state index in [4.69, 9.17) is 19.2 Å². The van der Waals surface area contributed by atoms with E-state index in [9.17, 15) is 0 Å². The lowest BCUT2D eigenvalue weighted by molar-refractivity contribution is 0.0389. The van der Waals surface area contributed by atoms with Gasteiger partial charge in [0.05, 0.1) is 26.9 Å². The number of nitrogens with zero attached hydrogens (tertiary/aromatic N) is 5. The minimum atomic E-state index is -0.0883. The molecule has 0 radical (unpaired) electrons. The summed E-state index contributed by atoms with van der Waals surface area (Å²) in [6, 6.07) is 7.65. The maximum Gasteiger partial charge on any atom is 0.191 e. The summed E-state index contributed by atoms with van der Waals surface area (Å²) in [6.45, 7) is 10.2. The van der Waals surface area contributed by atoms with E-state index in [1.165, 1.54) is 0 Å². The van der Waals surface area contributed by atoms with E-state index in [-0.39, 0.29) is 30.1 Å². The number of para-hydroxylation sites is 2. The number of benzene rings is 1. The molecule has 1 aliphatic heterocycles. The molecule has 1 saturated heterocycles. The summed E-state index contributed by atoms with van der Waals surface area (Å²) in [4.78, 5) is 7.09. The number of halogens is 1. The van der Waals surface area contributed by atoms with Crippen LogP contribution in [0, 0.1) is 6.92 Å². The molecule has 0 amide bonds. The van der Waals surface area contributed by atoms with Gasteiger partial charge in [0, 0.05) is 33.2 Å². The fraction of sp³-hybridized carbons (Fsp3) is 0.591. The summed E-state index contributed by atoms with van der Waals surface area (Å²) in [7, 11) is 3.59. The standard InChI is InChI=1S/C22H35N7O3.HI/c1-17(32-20-8-6-5-7-19(20)30-4)15-24-22(23-9-10-29-11-13-31-14-12-29)25-16-21-27-26-18(2)28(21)3;/h5-8,17H,9-16H2,1-4H3,(H2,23,24,25);1H. The fourth-order valence-corrected chi connectivity index (χ4v) is 3.28. The summed E-state index contributed by atoms with van der Waals surface area (Å²) in [6.07, 6.45) is -0.0883. The minimum absolute atomic E-state index is 0. The second-order valence-electron chi connectivity index (χ2n) is 7.73. The normalized spacial score (nSPS) is 15.5. The average Bonchev–Trinajstić information content (AvgIpc) is 3.13. The van der Waals surface area contributed by atoms with E-state index >= 15 is 0 Å². The average molecular weight is 573 g/mol. The first-order valence-corrected chi connectivity index (χ1v) is 11.0. The summed E-state index contributed by atoms with van der Waals surface area (Å²) >= 11 is 0. The lowest BCUT2D eigenvalue weighted by atomic mass is 10.3. The van der Waals surface area contributed by atoms with Crippen molar-refractivity contribution < 1.29 is 14.2 Å². The predicted octanol–water partition coefficient (Wildman–Crippen LogP) is 1.59. The Balaban J connectivity index is 0.00000385. The third-order valence-electron chi connectivity index (χ3n) is 5.34. The number of guanidine groups is 1. The number of morpholine rings is 1. The Morgan fingerprint density at radius 2 is 1.91 bits per heavy atom. The van der Waals surface area contributed by atoms with Crippen molar-refractivity contribution in [2.24, 2.45) is 12.0 Å². The lowest BCUT2D eigenvalue weighted by Gasteiger charge is -2.27. The SMILES string of the molecule is COc1ccccc1OC(C)CNC(=NCc1nnc(C)n1C)NCCN1CCOCC1.I. The van der Waals surface area contributed by atoms with Gasteiger partial charge in [0.1, 0.15) is 18.5 Å². The Bertz CT molecular complexity index is 871. The van der Waals surface area contributed by atoms with Crippen molar-refractivity contribution in [2.75, 3.05) is 53.0 Å². The summed E-state index contributed by atoms with van der Waals surface area (Å²) < 4.78 is 18.8. The zero-order chi connectivity index (χ0) is 22.8. The number of aliphatic imine (C=N–C) groups is 1. The molecule has 0 spiro atoms. The Labute approximate surface area is 213 Å². The molecule has 0 aliphatic carbocycles. The van der Waals surface area contributed by atoms with Gasteiger partial charge in [0.25, 0.3) is 0 Å². The van der Waals surface area contributed by atoms with Crippen LogP contribution in [0.25, 0.3) is 0 Å². The molecule has 33 heavy (non-hydrogen) atoms. The second-order valence-corrected chi connectivity index (χ2v) is 7.73. The molecule has 11 heteroatoms. The largest absolute Gasteiger partial charge is 0.493 e. The fourth-order valence-electron chi connectivity index (χ4n) is 3.28. The molecule has 3 rings (SSSR count). The van der Waals surface area contributed by atoms with Crippen LogP contribution in [-0.4, -0.2) is 84.8 Å². The monoisotopic (exact) mass is 573 g/mol. The van der Waals surface area contributed by atoms with Crippen LogP contribution in [-0.2, 0) is 18.3 Å². The van der Waals surface area contributed by atoms with Gasteiger partial charge in [-0.1, -0.05) is 12.1 Å². The maximum absolute atomic E-state index is 6.05. The minimum Gasteiger partial charge on any atom is -0.493 e. The van der Waals surface area contributed by atoms with Crippen molar-refractivity contribution in [3.05, 3.63) is 35.9 Å². The number of rotatable bonds is 10. The van der Waals surface area contributed by atoms with Gasteiger partial charge in [-0.2, -0.15) is 0 Å². The molecular formula is C22H36IN7O3. The van der Waals surface area contributed by atoms with Crippen molar-refractivity contribution in [3.63, 3.8) is 0 Å². The first-order chi connectivity index (χ1) is 15.6. The number of ether oxygens (including phenoxy) is 3. The lowest BCUT2D eigenvalue weighted by Crippen LogP contribution is -2.46. The molecule has 2 aromatic rings. The van der Waals surface area contributed by atoms with Crippen LogP contribution in [0.15, 0.2) is 29.3 Å². The zero-order valence-electron chi connectivity index (χ0n) is 19.9. The number of hydrogen-bond donors (Lipinski definition) is 2. The Kier molecular flexibility index (Phi) is 11.7. The van der Waals surface area contributed by atoms with Crippen molar-refractivity contribution in [3.8, 4) is 11.5 Å². The van der Waals surface area contributed by atoms with Crippen LogP contribution in [0.2, 0.25) is 0 Å². The molecule has 0 bridgehead atoms. The van der Waals surface area contributed by atoms with Crippen LogP contribution in [0.3, 0.4) is 0 Å². The predicted molar refractivity (Wildman–Crippen MR) is 139 cm³/mol. The van der Waals surface area contributed by atoms with Gasteiger partial charge >= 0.3 is 0 Å². The van der Waals surface area contributed by atoms with Crippen LogP contribution >= 0.6 is 24.0 Å². The Morgan fingerprint density at radius 1 is 1.18 bits per heavy atom. The van der Waals surface area contributed by atoms with Gasteiger partial charge in [0.15, 0.2) is 23.3 Å². The van der Waals surface area contributed by atoms with E-state index in [0.717, 1.165) is 68.5 Å². The molecule has 1 aromatic carbocycles. The molecule has 0 saturated carbocycles. The van der Waals surface area contributed by atoms with Crippen molar-refractivity contribution in [2.45, 2.75) is 26.5 Å². The topological polar surface area (TPSA) is 98.1 Å². The van der Waals surface area contributed by atoms with Gasteiger partial charge in [0.2, 0.25) is 0 Å². The maximum atomic E-state index is 6.05. The van der Waals surface area contributed by atoms with Gasteiger partial charge in [-0.05, 0) is 26.0 Å². The Morgan fingerprint density at radius 3 is 2.58 bits per heavy atom. The van der Waals surface area contributed by atoms with Gasteiger partial charge in [-0.3, -0.25) is 4.90 Å². The second kappa shape index (κ2) is 14.2. The van der Waals surface area contributed by atoms with E-state index in [0.29, 0.717) is 13.1 Å². The number of aromatic nitrogens is 3. The van der Waals surface area contributed by atoms with Crippen molar-refractivity contribution >= 4 is 29.9 Å². The smallest absolute Gasteiger partial charge is 0.191 e. The van der Waals surface area contributed by atoms with E-state index in [1.54, 1.807) is 7.11 Å². The highest BCUT2D eigenvalue weighted by Gasteiger charge is 2.12. The van der Waals surface area contributed by atoms with Gasteiger partial charge in [-0.25, -0.2) is 4.99 Å². The number of nitrogens with one attached hydrogen (secondary N) is 2. The van der Waals surface area contributed by atoms with Crippen LogP contribution < -0.4 is 20.1 Å². The van der Waals surface area contributed by atoms with Crippen molar-refractivity contribution in [1.29, 1.82) is 0 Å². The van der Waals surface area contributed by atoms with E-state index < -0.39 is 0 Å². The third kappa shape index (κ3) is 8.63. The number of hydrogen-bond acceptors (Lipinski definition) is 7. The highest BCUT2D eigenvalue weighted by Crippen LogP contribution is 2.26. The highest BCUT2D eigenvalue weighted by atomic mass is 127. The quantitative estimate of drug-likeness (QED) is 0.251. The van der Waals surface area contributed by atoms with Gasteiger partial charge < -0.3 is 29.4 Å². The molecule has 10 nitrogen and oxygen atoms in total. The molecule has 1 aromatic heterocycles. The third-order valence-corrected chi connectivity index (χ3v) is 5.34. The first-order valence-electron chi connectivity index (χ1n) is 11.0. The van der Waals surface area contributed by atoms with E-state index in [1.807, 2.05) is 49.7 Å². The molecule has 1 fully saturated rings. The molecule has 2 heterocycles. The highest BCUT2D eigenvalue weighted by molar-refractivity contribution is 14.0. The molecule has 184 valence electrons. The van der Waals surface area contributed by atoms with E-state index in [2.05, 4.69) is 25.7 Å². The van der Waals surface area contributed by atoms with Crippen LogP contribution in [0.4, 0.5) is 0 Å². The van der Waals surface area contributed by atoms with Crippen LogP contribution in [0.1, 0.15) is 18.6 Å². The van der Waals surface area contributed by atoms with Crippen LogP contribution in [0.5, 0.6) is 11.5 Å². The molecule has 1 unspecified atom stereocenters. The molecular weight excluding hydrogens is 537 g/mol. The summed E-state index contributed by atoms with van der Waals surface area (Å²) in [5, 5.41) is 15.1. The zero-order valence-corrected chi connectivity index (χ0v) is 22.2. The summed E-state index contributed by atoms with van der Waals surface area (Å²) in [5.41, 5.74) is 0. The number of methoxy groups -OCH3 is 1. The van der Waals surface area contributed by atoms with Crippen molar-refractivity contribution in [1.82, 2.24) is 30.3 Å². The summed E-state index contributed by atoms with van der Waals surface area (Å²) in [5.74, 6) is 3.83. The number of aryl methyl sites for hydroxylation is 1.